The monoisotopic (exact) mass is 583 g/mol. The number of nitrogens with zero attached hydrogens (tertiary/aromatic N) is 4. The van der Waals surface area contributed by atoms with E-state index in [1.807, 2.05) is 6.92 Å². The van der Waals surface area contributed by atoms with Crippen molar-refractivity contribution in [1.82, 2.24) is 14.8 Å². The van der Waals surface area contributed by atoms with Crippen LogP contribution in [0.1, 0.15) is 56.9 Å². The average molecular weight is 584 g/mol. The Kier molecular flexibility index (Phi) is 9.62. The van der Waals surface area contributed by atoms with Crippen molar-refractivity contribution in [3.05, 3.63) is 107 Å². The van der Waals surface area contributed by atoms with Crippen LogP contribution in [0.3, 0.4) is 0 Å². The topological polar surface area (TPSA) is 144 Å². The molecular weight excluding hydrogens is 554 g/mol. The predicted octanol–water partition coefficient (Wildman–Crippen LogP) is 4.70. The van der Waals surface area contributed by atoms with Gasteiger partial charge < -0.3 is 10.4 Å². The molecule has 2 amide bonds. The predicted molar refractivity (Wildman–Crippen MR) is 159 cm³/mol. The van der Waals surface area contributed by atoms with E-state index in [9.17, 15) is 18.6 Å². The standard InChI is InChI=1S/C31H29N5O5S/c1-22-17-28(36(2)34-22)31(40)33-26-10-8-9-23(19-26)14-15-24-18-25(21-32-20-24)30(39)35-42(41,16-7-6-13-29(37)38)27-11-4-3-5-12-27/h3-5,8-12,17-21H,6-7,13,16H2,1-2H3,(H,33,40)(H,37,38). The molecule has 42 heavy (non-hydrogen) atoms. The van der Waals surface area contributed by atoms with E-state index in [2.05, 4.69) is 31.6 Å². The minimum Gasteiger partial charge on any atom is -0.481 e. The number of aliphatic carboxylic acids is 1. The molecule has 10 nitrogen and oxygen atoms in total. The summed E-state index contributed by atoms with van der Waals surface area (Å²) in [7, 11) is -1.44. The van der Waals surface area contributed by atoms with Gasteiger partial charge in [-0.15, -0.1) is 0 Å². The van der Waals surface area contributed by atoms with Gasteiger partial charge in [-0.05, 0) is 62.2 Å². The van der Waals surface area contributed by atoms with Crippen LogP contribution in [-0.2, 0) is 21.6 Å². The van der Waals surface area contributed by atoms with Crippen LogP contribution in [0.2, 0.25) is 0 Å². The molecule has 0 fully saturated rings. The van der Waals surface area contributed by atoms with Crippen LogP contribution in [-0.4, -0.2) is 47.6 Å². The zero-order valence-electron chi connectivity index (χ0n) is 23.1. The van der Waals surface area contributed by atoms with Crippen molar-refractivity contribution >= 4 is 33.2 Å². The third-order valence-electron chi connectivity index (χ3n) is 6.09. The maximum absolute atomic E-state index is 13.8. The highest BCUT2D eigenvalue weighted by atomic mass is 32.2. The molecule has 1 unspecified atom stereocenters. The van der Waals surface area contributed by atoms with E-state index in [4.69, 9.17) is 5.11 Å². The van der Waals surface area contributed by atoms with Crippen LogP contribution in [0.15, 0.2) is 88.4 Å². The lowest BCUT2D eigenvalue weighted by Gasteiger charge is -2.10. The van der Waals surface area contributed by atoms with Gasteiger partial charge in [-0.25, -0.2) is 4.21 Å². The van der Waals surface area contributed by atoms with Crippen LogP contribution < -0.4 is 5.32 Å². The van der Waals surface area contributed by atoms with Gasteiger partial charge in [-0.3, -0.25) is 24.0 Å². The van der Waals surface area contributed by atoms with E-state index >= 15 is 0 Å². The highest BCUT2D eigenvalue weighted by molar-refractivity contribution is 7.94. The fraction of sp³-hybridized carbons (Fsp3) is 0.194. The molecular formula is C31H29N5O5S. The first-order valence-electron chi connectivity index (χ1n) is 13.1. The molecule has 0 aliphatic heterocycles. The summed E-state index contributed by atoms with van der Waals surface area (Å²) >= 11 is 0. The molecule has 11 heteroatoms. The average Bonchev–Trinajstić information content (AvgIpc) is 3.32. The maximum Gasteiger partial charge on any atom is 0.303 e. The molecule has 0 saturated carbocycles. The number of carboxylic acid groups (broad SMARTS) is 1. The number of rotatable bonds is 9. The molecule has 214 valence electrons. The minimum atomic E-state index is -3.14. The molecule has 0 bridgehead atoms. The number of hydrogen-bond acceptors (Lipinski definition) is 6. The quantitative estimate of drug-likeness (QED) is 0.215. The number of anilines is 1. The number of carbonyl (C=O) groups excluding carboxylic acids is 2. The SMILES string of the molecule is Cc1cc(C(=O)Nc2cccc(C#Cc3cncc(C(=O)N=S(=O)(CCCCC(=O)O)c4ccccc4)c3)c2)n(C)n1. The van der Waals surface area contributed by atoms with Crippen molar-refractivity contribution in [3.63, 3.8) is 0 Å². The minimum absolute atomic E-state index is 0.0516. The number of carbonyl (C=O) groups is 3. The van der Waals surface area contributed by atoms with E-state index in [0.717, 1.165) is 5.69 Å². The van der Waals surface area contributed by atoms with Crippen molar-refractivity contribution in [2.75, 3.05) is 11.1 Å². The number of aromatic nitrogens is 3. The van der Waals surface area contributed by atoms with Crippen LogP contribution in [0.25, 0.3) is 0 Å². The summed E-state index contributed by atoms with van der Waals surface area (Å²) in [5, 5.41) is 15.9. The normalized spacial score (nSPS) is 12.0. The number of pyridine rings is 1. The fourth-order valence-electron chi connectivity index (χ4n) is 4.07. The van der Waals surface area contributed by atoms with Crippen molar-refractivity contribution in [3.8, 4) is 11.8 Å². The Morgan fingerprint density at radius 2 is 1.74 bits per heavy atom. The molecule has 2 N–H and O–H groups in total. The van der Waals surface area contributed by atoms with Gasteiger partial charge in [0.25, 0.3) is 11.8 Å². The summed E-state index contributed by atoms with van der Waals surface area (Å²) in [6.45, 7) is 1.81. The largest absolute Gasteiger partial charge is 0.481 e. The first-order chi connectivity index (χ1) is 20.1. The molecule has 2 aromatic heterocycles. The Hall–Kier alpha value is -5.08. The first kappa shape index (κ1) is 29.9. The molecule has 4 rings (SSSR count). The lowest BCUT2D eigenvalue weighted by molar-refractivity contribution is -0.137. The number of aryl methyl sites for hydroxylation is 2. The molecule has 0 radical (unpaired) electrons. The summed E-state index contributed by atoms with van der Waals surface area (Å²) < 4.78 is 19.4. The lowest BCUT2D eigenvalue weighted by Crippen LogP contribution is -2.16. The Balaban J connectivity index is 1.53. The van der Waals surface area contributed by atoms with Gasteiger partial charge in [0.1, 0.15) is 5.69 Å². The number of benzene rings is 2. The number of amides is 2. The van der Waals surface area contributed by atoms with Crippen molar-refractivity contribution in [2.45, 2.75) is 31.1 Å². The second-order valence-electron chi connectivity index (χ2n) is 9.45. The molecule has 2 heterocycles. The highest BCUT2D eigenvalue weighted by Gasteiger charge is 2.17. The molecule has 4 aromatic rings. The molecule has 0 aliphatic carbocycles. The van der Waals surface area contributed by atoms with Crippen LogP contribution in [0.4, 0.5) is 5.69 Å². The maximum atomic E-state index is 13.8. The second-order valence-corrected chi connectivity index (χ2v) is 11.8. The molecule has 1 atom stereocenters. The van der Waals surface area contributed by atoms with E-state index in [1.54, 1.807) is 67.7 Å². The summed E-state index contributed by atoms with van der Waals surface area (Å²) in [6, 6.07) is 18.7. The number of carboxylic acids is 1. The third-order valence-corrected chi connectivity index (χ3v) is 8.41. The molecule has 2 aromatic carbocycles. The summed E-state index contributed by atoms with van der Waals surface area (Å²) in [5.41, 5.74) is 2.93. The van der Waals surface area contributed by atoms with Gasteiger partial charge in [0, 0.05) is 53.3 Å². The summed E-state index contributed by atoms with van der Waals surface area (Å²) in [5.74, 6) is 4.10. The van der Waals surface area contributed by atoms with E-state index in [-0.39, 0.29) is 23.6 Å². The smallest absolute Gasteiger partial charge is 0.303 e. The van der Waals surface area contributed by atoms with Crippen molar-refractivity contribution in [1.29, 1.82) is 0 Å². The zero-order chi connectivity index (χ0) is 30.1. The van der Waals surface area contributed by atoms with Crippen LogP contribution in [0.5, 0.6) is 0 Å². The van der Waals surface area contributed by atoms with E-state index in [0.29, 0.717) is 40.2 Å². The van der Waals surface area contributed by atoms with Gasteiger partial charge in [0.15, 0.2) is 0 Å². The van der Waals surface area contributed by atoms with Gasteiger partial charge in [0.05, 0.1) is 21.0 Å². The molecule has 0 aliphatic rings. The highest BCUT2D eigenvalue weighted by Crippen LogP contribution is 2.18. The number of nitrogens with one attached hydrogen (secondary N) is 1. The van der Waals surface area contributed by atoms with Crippen molar-refractivity contribution < 1.29 is 23.7 Å². The molecule has 0 saturated heterocycles. The Bertz CT molecular complexity index is 1810. The van der Waals surface area contributed by atoms with E-state index < -0.39 is 21.6 Å². The molecule has 0 spiro atoms. The van der Waals surface area contributed by atoms with Gasteiger partial charge in [-0.2, -0.15) is 9.46 Å². The third kappa shape index (κ3) is 7.99. The fourth-order valence-corrected chi connectivity index (χ4v) is 6.06. The Morgan fingerprint density at radius 3 is 2.45 bits per heavy atom. The first-order valence-corrected chi connectivity index (χ1v) is 14.8. The van der Waals surface area contributed by atoms with E-state index in [1.165, 1.54) is 23.1 Å². The van der Waals surface area contributed by atoms with Crippen LogP contribution in [0, 0.1) is 18.8 Å². The zero-order valence-corrected chi connectivity index (χ0v) is 23.9. The lowest BCUT2D eigenvalue weighted by atomic mass is 10.1. The second kappa shape index (κ2) is 13.5. The Labute approximate surface area is 244 Å². The Morgan fingerprint density at radius 1 is 0.976 bits per heavy atom. The number of unbranched alkanes of at least 4 members (excludes halogenated alkanes) is 1. The van der Waals surface area contributed by atoms with Gasteiger partial charge in [0.2, 0.25) is 0 Å². The number of hydrogen-bond donors (Lipinski definition) is 2. The summed E-state index contributed by atoms with van der Waals surface area (Å²) in [6.07, 6.45) is 3.44. The van der Waals surface area contributed by atoms with Crippen LogP contribution >= 0.6 is 0 Å². The van der Waals surface area contributed by atoms with Gasteiger partial charge in [-0.1, -0.05) is 36.1 Å². The summed E-state index contributed by atoms with van der Waals surface area (Å²) in [4.78, 5) is 41.1. The van der Waals surface area contributed by atoms with Gasteiger partial charge >= 0.3 is 5.97 Å². The van der Waals surface area contributed by atoms with Crippen molar-refractivity contribution in [2.24, 2.45) is 11.4 Å².